The molecule has 0 aromatic rings. The van der Waals surface area contributed by atoms with Gasteiger partial charge in [-0.15, -0.1) is 11.8 Å². The van der Waals surface area contributed by atoms with E-state index in [0.29, 0.717) is 11.3 Å². The summed E-state index contributed by atoms with van der Waals surface area (Å²) in [5, 5.41) is 24.8. The second kappa shape index (κ2) is 7.26. The first kappa shape index (κ1) is 14.9. The van der Waals surface area contributed by atoms with Crippen LogP contribution in [0.1, 0.15) is 0 Å². The Morgan fingerprint density at radius 1 is 1.44 bits per heavy atom. The zero-order chi connectivity index (χ0) is 12.7. The molecule has 0 unspecified atom stereocenters. The van der Waals surface area contributed by atoms with Crippen LogP contribution in [-0.4, -0.2) is 64.4 Å². The lowest BCUT2D eigenvalue weighted by Gasteiger charge is -2.16. The van der Waals surface area contributed by atoms with Crippen molar-refractivity contribution in [1.29, 1.82) is 0 Å². The van der Waals surface area contributed by atoms with E-state index in [4.69, 9.17) is 15.3 Å². The average molecular weight is 249 g/mol. The molecule has 7 heteroatoms. The van der Waals surface area contributed by atoms with Crippen molar-refractivity contribution in [1.82, 2.24) is 4.90 Å². The second-order valence-corrected chi connectivity index (χ2v) is 3.85. The summed E-state index contributed by atoms with van der Waals surface area (Å²) >= 11 is 1.31. The topological polar surface area (TPSA) is 98.1 Å². The fourth-order valence-electron chi connectivity index (χ4n) is 1.20. The van der Waals surface area contributed by atoms with Gasteiger partial charge in [0.05, 0.1) is 12.4 Å². The second-order valence-electron chi connectivity index (χ2n) is 2.86. The number of carboxylic acid groups (broad SMARTS) is 1. The largest absolute Gasteiger partial charge is 0.477 e. The van der Waals surface area contributed by atoms with Crippen LogP contribution in [0.4, 0.5) is 0 Å². The van der Waals surface area contributed by atoms with Gasteiger partial charge >= 0.3 is 5.97 Å². The number of hydrogen-bond acceptors (Lipinski definition) is 5. The van der Waals surface area contributed by atoms with Crippen molar-refractivity contribution in [2.75, 3.05) is 32.3 Å². The van der Waals surface area contributed by atoms with E-state index in [-0.39, 0.29) is 24.0 Å². The maximum Gasteiger partial charge on any atom is 0.352 e. The molecule has 16 heavy (non-hydrogen) atoms. The van der Waals surface area contributed by atoms with E-state index in [2.05, 4.69) is 0 Å². The number of thioether (sulfide) groups is 1. The molecule has 92 valence electrons. The van der Waals surface area contributed by atoms with Crippen LogP contribution in [0.5, 0.6) is 0 Å². The Hall–Kier alpha value is -1.05. The van der Waals surface area contributed by atoms with Gasteiger partial charge in [-0.1, -0.05) is 0 Å². The summed E-state index contributed by atoms with van der Waals surface area (Å²) in [5.41, 5.74) is 0.290. The quantitative estimate of drug-likeness (QED) is 0.588. The molecule has 0 spiro atoms. The zero-order valence-corrected chi connectivity index (χ0v) is 9.95. The minimum Gasteiger partial charge on any atom is -0.477 e. The maximum atomic E-state index is 11.3. The predicted octanol–water partition coefficient (Wildman–Crippen LogP) is -0.869. The Balaban J connectivity index is 0.00000106. The van der Waals surface area contributed by atoms with Crippen LogP contribution < -0.4 is 0 Å². The SMILES string of the molecule is CN1C(=O)CSCC(CO)=C1C(=O)O.CO. The van der Waals surface area contributed by atoms with E-state index in [1.807, 2.05) is 0 Å². The van der Waals surface area contributed by atoms with Crippen molar-refractivity contribution in [2.24, 2.45) is 0 Å². The summed E-state index contributed by atoms with van der Waals surface area (Å²) < 4.78 is 0. The minimum atomic E-state index is -1.17. The molecule has 1 heterocycles. The minimum absolute atomic E-state index is 0.0949. The summed E-state index contributed by atoms with van der Waals surface area (Å²) in [4.78, 5) is 23.3. The first-order valence-corrected chi connectivity index (χ1v) is 5.58. The number of aliphatic hydroxyl groups is 2. The van der Waals surface area contributed by atoms with Gasteiger partial charge in [0.2, 0.25) is 5.91 Å². The monoisotopic (exact) mass is 249 g/mol. The Morgan fingerprint density at radius 2 is 2.00 bits per heavy atom. The Labute approximate surface area is 97.6 Å². The molecular weight excluding hydrogens is 234 g/mol. The Kier molecular flexibility index (Phi) is 6.78. The molecular formula is C9H15NO5S. The van der Waals surface area contributed by atoms with Gasteiger partial charge in [-0.05, 0) is 5.57 Å². The molecule has 0 aromatic heterocycles. The number of aliphatic carboxylic acids is 1. The molecule has 6 nitrogen and oxygen atoms in total. The molecule has 0 radical (unpaired) electrons. The molecule has 0 saturated carbocycles. The summed E-state index contributed by atoms with van der Waals surface area (Å²) in [6.45, 7) is -0.327. The highest BCUT2D eigenvalue weighted by Crippen LogP contribution is 2.20. The number of nitrogens with zero attached hydrogens (tertiary/aromatic N) is 1. The summed E-state index contributed by atoms with van der Waals surface area (Å²) in [6.07, 6.45) is 0. The highest BCUT2D eigenvalue weighted by Gasteiger charge is 2.26. The third-order valence-corrected chi connectivity index (χ3v) is 2.94. The van der Waals surface area contributed by atoms with Gasteiger partial charge in [0.1, 0.15) is 5.70 Å². The van der Waals surface area contributed by atoms with Crippen molar-refractivity contribution >= 4 is 23.6 Å². The number of aliphatic hydroxyl groups excluding tert-OH is 2. The number of carboxylic acids is 1. The number of rotatable bonds is 2. The van der Waals surface area contributed by atoms with Gasteiger partial charge < -0.3 is 20.2 Å². The van der Waals surface area contributed by atoms with Crippen LogP contribution in [0.2, 0.25) is 0 Å². The lowest BCUT2D eigenvalue weighted by Crippen LogP contribution is -2.31. The zero-order valence-electron chi connectivity index (χ0n) is 9.13. The first-order chi connectivity index (χ1) is 7.57. The normalized spacial score (nSPS) is 16.5. The highest BCUT2D eigenvalue weighted by atomic mass is 32.2. The molecule has 1 amide bonds. The number of carbonyl (C=O) groups is 2. The van der Waals surface area contributed by atoms with Gasteiger partial charge in [0.25, 0.3) is 0 Å². The molecule has 0 fully saturated rings. The van der Waals surface area contributed by atoms with Crippen molar-refractivity contribution < 1.29 is 24.9 Å². The van der Waals surface area contributed by atoms with Crippen molar-refractivity contribution in [3.63, 3.8) is 0 Å². The molecule has 0 aliphatic carbocycles. The fraction of sp³-hybridized carbons (Fsp3) is 0.556. The van der Waals surface area contributed by atoms with E-state index in [0.717, 1.165) is 12.0 Å². The maximum absolute atomic E-state index is 11.3. The molecule has 1 aliphatic rings. The van der Waals surface area contributed by atoms with Gasteiger partial charge in [0, 0.05) is 19.9 Å². The number of hydrogen-bond donors (Lipinski definition) is 3. The molecule has 1 aliphatic heterocycles. The molecule has 1 rings (SSSR count). The lowest BCUT2D eigenvalue weighted by atomic mass is 10.2. The van der Waals surface area contributed by atoms with Gasteiger partial charge in [0.15, 0.2) is 0 Å². The molecule has 0 saturated heterocycles. The van der Waals surface area contributed by atoms with Gasteiger partial charge in [-0.3, -0.25) is 4.79 Å². The lowest BCUT2D eigenvalue weighted by molar-refractivity contribution is -0.138. The standard InChI is InChI=1S/C8H11NO4S.CH4O/c1-9-6(11)4-14-3-5(2-10)7(9)8(12)13;1-2/h10H,2-4H2,1H3,(H,12,13);2H,1H3. The molecule has 3 N–H and O–H groups in total. The molecule has 0 atom stereocenters. The van der Waals surface area contributed by atoms with Crippen molar-refractivity contribution in [3.05, 3.63) is 11.3 Å². The van der Waals surface area contributed by atoms with Crippen LogP contribution in [0.15, 0.2) is 11.3 Å². The van der Waals surface area contributed by atoms with Gasteiger partial charge in [-0.2, -0.15) is 0 Å². The highest BCUT2D eigenvalue weighted by molar-refractivity contribution is 8.00. The summed E-state index contributed by atoms with van der Waals surface area (Å²) in [5.74, 6) is -0.798. The third kappa shape index (κ3) is 3.51. The summed E-state index contributed by atoms with van der Waals surface area (Å²) in [7, 11) is 2.41. The molecule has 0 bridgehead atoms. The summed E-state index contributed by atoms with van der Waals surface area (Å²) in [6, 6.07) is 0. The number of carbonyl (C=O) groups excluding carboxylic acids is 1. The van der Waals surface area contributed by atoms with Gasteiger partial charge in [-0.25, -0.2) is 4.79 Å². The van der Waals surface area contributed by atoms with Crippen LogP contribution in [0, 0.1) is 0 Å². The first-order valence-electron chi connectivity index (χ1n) is 4.43. The number of amides is 1. The molecule has 0 aromatic carbocycles. The smallest absolute Gasteiger partial charge is 0.352 e. The van der Waals surface area contributed by atoms with Crippen LogP contribution in [0.3, 0.4) is 0 Å². The Morgan fingerprint density at radius 3 is 2.44 bits per heavy atom. The fourth-order valence-corrected chi connectivity index (χ4v) is 2.15. The van der Waals surface area contributed by atoms with E-state index < -0.39 is 5.97 Å². The predicted molar refractivity (Wildman–Crippen MR) is 60.0 cm³/mol. The van der Waals surface area contributed by atoms with Crippen LogP contribution in [-0.2, 0) is 9.59 Å². The van der Waals surface area contributed by atoms with E-state index in [1.165, 1.54) is 18.8 Å². The van der Waals surface area contributed by atoms with E-state index in [9.17, 15) is 9.59 Å². The Bertz CT molecular complexity index is 302. The van der Waals surface area contributed by atoms with Crippen LogP contribution >= 0.6 is 11.8 Å². The van der Waals surface area contributed by atoms with Crippen molar-refractivity contribution in [2.45, 2.75) is 0 Å². The number of likely N-dealkylation sites (N-methyl/N-ethyl adjacent to an activating group) is 1. The van der Waals surface area contributed by atoms with E-state index >= 15 is 0 Å². The third-order valence-electron chi connectivity index (χ3n) is 1.94. The van der Waals surface area contributed by atoms with Crippen LogP contribution in [0.25, 0.3) is 0 Å². The van der Waals surface area contributed by atoms with E-state index in [1.54, 1.807) is 0 Å². The average Bonchev–Trinajstić information content (AvgIpc) is 2.42. The van der Waals surface area contributed by atoms with Crippen molar-refractivity contribution in [3.8, 4) is 0 Å².